The summed E-state index contributed by atoms with van der Waals surface area (Å²) in [6.07, 6.45) is 9.49. The van der Waals surface area contributed by atoms with Gasteiger partial charge in [0.15, 0.2) is 0 Å². The third-order valence-electron chi connectivity index (χ3n) is 3.82. The summed E-state index contributed by atoms with van der Waals surface area (Å²) in [7, 11) is 1.91. The zero-order valence-electron chi connectivity index (χ0n) is 11.5. The predicted molar refractivity (Wildman–Crippen MR) is 76.0 cm³/mol. The van der Waals surface area contributed by atoms with Crippen molar-refractivity contribution in [1.82, 2.24) is 9.97 Å². The molecule has 0 aliphatic heterocycles. The van der Waals surface area contributed by atoms with Gasteiger partial charge in [-0.15, -0.1) is 0 Å². The Bertz CT molecular complexity index is 372. The fourth-order valence-electron chi connectivity index (χ4n) is 2.75. The lowest BCUT2D eigenvalue weighted by Crippen LogP contribution is -2.19. The summed E-state index contributed by atoms with van der Waals surface area (Å²) in [5.74, 6) is 2.76. The number of anilines is 2. The molecule has 0 unspecified atom stereocenters. The summed E-state index contributed by atoms with van der Waals surface area (Å²) in [5, 5.41) is 6.65. The van der Waals surface area contributed by atoms with E-state index in [-0.39, 0.29) is 0 Å². The minimum Gasteiger partial charge on any atom is -0.373 e. The molecule has 0 atom stereocenters. The first-order valence-corrected chi connectivity index (χ1v) is 7.10. The topological polar surface area (TPSA) is 49.8 Å². The maximum atomic E-state index is 4.38. The maximum absolute atomic E-state index is 4.38. The number of hydrogen-bond acceptors (Lipinski definition) is 4. The molecule has 0 aromatic carbocycles. The van der Waals surface area contributed by atoms with Crippen molar-refractivity contribution >= 4 is 11.6 Å². The van der Waals surface area contributed by atoms with Crippen molar-refractivity contribution in [3.8, 4) is 0 Å². The molecule has 4 heteroatoms. The van der Waals surface area contributed by atoms with Crippen LogP contribution in [0.25, 0.3) is 0 Å². The summed E-state index contributed by atoms with van der Waals surface area (Å²) < 4.78 is 0. The van der Waals surface area contributed by atoms with Crippen LogP contribution in [0.15, 0.2) is 6.33 Å². The van der Waals surface area contributed by atoms with Gasteiger partial charge in [0, 0.05) is 19.2 Å². The van der Waals surface area contributed by atoms with Gasteiger partial charge in [-0.1, -0.05) is 26.2 Å². The molecule has 1 heterocycles. The molecule has 1 aromatic rings. The van der Waals surface area contributed by atoms with Gasteiger partial charge in [-0.25, -0.2) is 9.97 Å². The highest BCUT2D eigenvalue weighted by atomic mass is 15.1. The van der Waals surface area contributed by atoms with Crippen LogP contribution >= 0.6 is 0 Å². The van der Waals surface area contributed by atoms with E-state index in [0.717, 1.165) is 30.5 Å². The Kier molecular flexibility index (Phi) is 4.79. The Morgan fingerprint density at radius 1 is 1.17 bits per heavy atom. The van der Waals surface area contributed by atoms with Gasteiger partial charge in [0.05, 0.1) is 0 Å². The third kappa shape index (κ3) is 3.12. The summed E-state index contributed by atoms with van der Waals surface area (Å²) in [4.78, 5) is 8.64. The van der Waals surface area contributed by atoms with Crippen LogP contribution in [0.2, 0.25) is 0 Å². The van der Waals surface area contributed by atoms with E-state index in [1.807, 2.05) is 7.05 Å². The number of nitrogens with one attached hydrogen (secondary N) is 2. The first-order valence-electron chi connectivity index (χ1n) is 7.10. The van der Waals surface area contributed by atoms with Crippen LogP contribution in [-0.2, 0) is 6.42 Å². The summed E-state index contributed by atoms with van der Waals surface area (Å²) >= 11 is 0. The van der Waals surface area contributed by atoms with Crippen molar-refractivity contribution in [3.05, 3.63) is 11.9 Å². The summed E-state index contributed by atoms with van der Waals surface area (Å²) in [6, 6.07) is 0. The van der Waals surface area contributed by atoms with E-state index in [1.165, 1.54) is 37.7 Å². The lowest BCUT2D eigenvalue weighted by molar-refractivity contribution is 0.373. The second-order valence-corrected chi connectivity index (χ2v) is 5.04. The Labute approximate surface area is 110 Å². The third-order valence-corrected chi connectivity index (χ3v) is 3.82. The highest BCUT2D eigenvalue weighted by Gasteiger charge is 2.14. The summed E-state index contributed by atoms with van der Waals surface area (Å²) in [5.41, 5.74) is 1.19. The van der Waals surface area contributed by atoms with Crippen LogP contribution in [0.4, 0.5) is 11.6 Å². The van der Waals surface area contributed by atoms with E-state index in [9.17, 15) is 0 Å². The van der Waals surface area contributed by atoms with Crippen molar-refractivity contribution in [2.24, 2.45) is 5.92 Å². The molecular weight excluding hydrogens is 224 g/mol. The van der Waals surface area contributed by atoms with Crippen molar-refractivity contribution in [1.29, 1.82) is 0 Å². The van der Waals surface area contributed by atoms with Crippen molar-refractivity contribution < 1.29 is 0 Å². The molecule has 0 saturated heterocycles. The highest BCUT2D eigenvalue weighted by Crippen LogP contribution is 2.25. The van der Waals surface area contributed by atoms with Crippen LogP contribution in [-0.4, -0.2) is 23.6 Å². The second kappa shape index (κ2) is 6.57. The van der Waals surface area contributed by atoms with Crippen LogP contribution in [0.1, 0.15) is 44.6 Å². The molecule has 18 heavy (non-hydrogen) atoms. The molecular formula is C14H24N4. The standard InChI is InChI=1S/C14H24N4/c1-3-12-13(15-2)17-10-18-14(12)16-9-11-7-5-4-6-8-11/h10-11H,3-9H2,1-2H3,(H2,15,16,17,18). The molecule has 4 nitrogen and oxygen atoms in total. The Morgan fingerprint density at radius 3 is 2.56 bits per heavy atom. The SMILES string of the molecule is CCc1c(NC)ncnc1NCC1CCCCC1. The van der Waals surface area contributed by atoms with Gasteiger partial charge < -0.3 is 10.6 Å². The average Bonchev–Trinajstić information content (AvgIpc) is 2.45. The van der Waals surface area contributed by atoms with Crippen molar-refractivity contribution in [2.45, 2.75) is 45.4 Å². The summed E-state index contributed by atoms with van der Waals surface area (Å²) in [6.45, 7) is 3.19. The van der Waals surface area contributed by atoms with E-state index in [1.54, 1.807) is 6.33 Å². The molecule has 2 N–H and O–H groups in total. The van der Waals surface area contributed by atoms with Gasteiger partial charge in [-0.05, 0) is 25.2 Å². The quantitative estimate of drug-likeness (QED) is 0.841. The van der Waals surface area contributed by atoms with Gasteiger partial charge in [0.25, 0.3) is 0 Å². The first kappa shape index (κ1) is 13.1. The number of nitrogens with zero attached hydrogens (tertiary/aromatic N) is 2. The molecule has 1 fully saturated rings. The highest BCUT2D eigenvalue weighted by molar-refractivity contribution is 5.57. The van der Waals surface area contributed by atoms with Gasteiger partial charge in [0.2, 0.25) is 0 Å². The largest absolute Gasteiger partial charge is 0.373 e. The molecule has 2 rings (SSSR count). The molecule has 1 aromatic heterocycles. The van der Waals surface area contributed by atoms with E-state index in [0.29, 0.717) is 0 Å². The van der Waals surface area contributed by atoms with Crippen molar-refractivity contribution in [2.75, 3.05) is 24.2 Å². The lowest BCUT2D eigenvalue weighted by atomic mass is 9.89. The molecule has 0 amide bonds. The molecule has 100 valence electrons. The number of rotatable bonds is 5. The van der Waals surface area contributed by atoms with Gasteiger partial charge >= 0.3 is 0 Å². The van der Waals surface area contributed by atoms with E-state index < -0.39 is 0 Å². The van der Waals surface area contributed by atoms with Crippen LogP contribution in [0.3, 0.4) is 0 Å². The maximum Gasteiger partial charge on any atom is 0.134 e. The van der Waals surface area contributed by atoms with Crippen LogP contribution in [0.5, 0.6) is 0 Å². The molecule has 0 spiro atoms. The second-order valence-electron chi connectivity index (χ2n) is 5.04. The predicted octanol–water partition coefficient (Wildman–Crippen LogP) is 3.07. The zero-order valence-corrected chi connectivity index (χ0v) is 11.5. The number of hydrogen-bond donors (Lipinski definition) is 2. The Balaban J connectivity index is 1.99. The molecule has 1 aliphatic carbocycles. The zero-order chi connectivity index (χ0) is 12.8. The monoisotopic (exact) mass is 248 g/mol. The van der Waals surface area contributed by atoms with Crippen LogP contribution in [0, 0.1) is 5.92 Å². The van der Waals surface area contributed by atoms with E-state index in [2.05, 4.69) is 27.5 Å². The smallest absolute Gasteiger partial charge is 0.134 e. The van der Waals surface area contributed by atoms with Gasteiger partial charge in [0.1, 0.15) is 18.0 Å². The van der Waals surface area contributed by atoms with Gasteiger partial charge in [-0.3, -0.25) is 0 Å². The Morgan fingerprint density at radius 2 is 1.89 bits per heavy atom. The number of aromatic nitrogens is 2. The molecule has 1 saturated carbocycles. The van der Waals surface area contributed by atoms with E-state index >= 15 is 0 Å². The Hall–Kier alpha value is -1.32. The molecule has 0 bridgehead atoms. The first-order chi connectivity index (χ1) is 8.85. The van der Waals surface area contributed by atoms with Gasteiger partial charge in [-0.2, -0.15) is 0 Å². The minimum absolute atomic E-state index is 0.816. The lowest BCUT2D eigenvalue weighted by Gasteiger charge is -2.22. The average molecular weight is 248 g/mol. The molecule has 1 aliphatic rings. The fraction of sp³-hybridized carbons (Fsp3) is 0.714. The van der Waals surface area contributed by atoms with Crippen molar-refractivity contribution in [3.63, 3.8) is 0 Å². The normalized spacial score (nSPS) is 16.6. The fourth-order valence-corrected chi connectivity index (χ4v) is 2.75. The minimum atomic E-state index is 0.816. The van der Waals surface area contributed by atoms with E-state index in [4.69, 9.17) is 0 Å². The molecule has 0 radical (unpaired) electrons. The van der Waals surface area contributed by atoms with Crippen LogP contribution < -0.4 is 10.6 Å².